The number of para-hydroxylation sites is 1. The standard InChI is InChI=1S/C66H53NOS/c1-42-36-44-37-43(2)40-65(39-42,41-44)48-28-24-47(25-29-48)63-59(35-34-58-64(63)69-62-23-13-11-21-57(62)66(58)55-19-9-6-16-51(55)52-17-7-10-20-56(52)66)67(49-30-26-46(27-31-49)45-14-4-3-5-15-45)50-32-33-54-53-18-8-12-22-60(53)68-61(54)38-50/h3-35,38,42-44H,36-37,39-41H2,1-2H3. The molecule has 2 fully saturated rings. The molecule has 3 heteroatoms. The van der Waals surface area contributed by atoms with Gasteiger partial charge in [-0.1, -0.05) is 183 Å². The first kappa shape index (κ1) is 40.9. The number of benzene rings is 9. The number of hydrogen-bond acceptors (Lipinski definition) is 3. The van der Waals surface area contributed by atoms with Gasteiger partial charge in [-0.15, -0.1) is 0 Å². The van der Waals surface area contributed by atoms with Crippen LogP contribution in [0.2, 0.25) is 0 Å². The fourth-order valence-corrected chi connectivity index (χ4v) is 15.5. The molecule has 10 aromatic rings. The summed E-state index contributed by atoms with van der Waals surface area (Å²) in [5.74, 6) is 2.32. The molecule has 3 aliphatic carbocycles. The first-order chi connectivity index (χ1) is 33.9. The largest absolute Gasteiger partial charge is 0.456 e. The van der Waals surface area contributed by atoms with E-state index in [0.29, 0.717) is 0 Å². The Balaban J connectivity index is 1.04. The van der Waals surface area contributed by atoms with E-state index in [9.17, 15) is 0 Å². The maximum absolute atomic E-state index is 6.65. The fraction of sp³-hybridized carbons (Fsp3) is 0.182. The summed E-state index contributed by atoms with van der Waals surface area (Å²) < 4.78 is 6.65. The second kappa shape index (κ2) is 15.7. The molecule has 334 valence electrons. The molecule has 2 bridgehead atoms. The van der Waals surface area contributed by atoms with Crippen LogP contribution in [-0.2, 0) is 10.8 Å². The van der Waals surface area contributed by atoms with Crippen LogP contribution in [0.3, 0.4) is 0 Å². The van der Waals surface area contributed by atoms with Crippen LogP contribution in [0.15, 0.2) is 220 Å². The van der Waals surface area contributed by atoms with E-state index in [-0.39, 0.29) is 5.41 Å². The van der Waals surface area contributed by atoms with Crippen LogP contribution in [0.5, 0.6) is 0 Å². The Bertz CT molecular complexity index is 3560. The van der Waals surface area contributed by atoms with E-state index >= 15 is 0 Å². The molecule has 0 radical (unpaired) electrons. The number of anilines is 3. The van der Waals surface area contributed by atoms with Crippen LogP contribution in [0.4, 0.5) is 17.1 Å². The molecule has 2 atom stereocenters. The Labute approximate surface area is 409 Å². The van der Waals surface area contributed by atoms with E-state index in [1.807, 2.05) is 11.8 Å². The summed E-state index contributed by atoms with van der Waals surface area (Å²) in [4.78, 5) is 5.09. The Morgan fingerprint density at radius 2 is 1.07 bits per heavy atom. The lowest BCUT2D eigenvalue weighted by Crippen LogP contribution is -2.42. The average molecular weight is 908 g/mol. The molecular weight excluding hydrogens is 855 g/mol. The Hall–Kier alpha value is -7.07. The molecule has 2 heterocycles. The monoisotopic (exact) mass is 907 g/mol. The number of rotatable bonds is 6. The molecule has 0 N–H and O–H groups in total. The predicted molar refractivity (Wildman–Crippen MR) is 287 cm³/mol. The van der Waals surface area contributed by atoms with Crippen molar-refractivity contribution < 1.29 is 4.42 Å². The van der Waals surface area contributed by atoms with Crippen molar-refractivity contribution in [2.45, 2.75) is 66.6 Å². The Kier molecular flexibility index (Phi) is 9.34. The molecule has 2 saturated carbocycles. The fourth-order valence-electron chi connectivity index (χ4n) is 14.1. The van der Waals surface area contributed by atoms with Crippen molar-refractivity contribution in [3.63, 3.8) is 0 Å². The third-order valence-corrected chi connectivity index (χ3v) is 17.7. The summed E-state index contributed by atoms with van der Waals surface area (Å²) in [7, 11) is 0. The summed E-state index contributed by atoms with van der Waals surface area (Å²) in [6.07, 6.45) is 6.63. The van der Waals surface area contributed by atoms with Gasteiger partial charge in [0.25, 0.3) is 0 Å². The van der Waals surface area contributed by atoms with Crippen LogP contribution in [0, 0.1) is 17.8 Å². The molecule has 69 heavy (non-hydrogen) atoms. The van der Waals surface area contributed by atoms with Crippen LogP contribution in [-0.4, -0.2) is 0 Å². The van der Waals surface area contributed by atoms with Crippen LogP contribution < -0.4 is 4.90 Å². The third kappa shape index (κ3) is 6.25. The summed E-state index contributed by atoms with van der Waals surface area (Å²) in [5, 5.41) is 2.26. The summed E-state index contributed by atoms with van der Waals surface area (Å²) in [5.41, 5.74) is 19.2. The number of nitrogens with zero attached hydrogens (tertiary/aromatic N) is 1. The van der Waals surface area contributed by atoms with Gasteiger partial charge in [0.2, 0.25) is 0 Å². The molecule has 2 nitrogen and oxygen atoms in total. The maximum Gasteiger partial charge on any atom is 0.137 e. The lowest BCUT2D eigenvalue weighted by atomic mass is 9.54. The highest BCUT2D eigenvalue weighted by Gasteiger charge is 2.51. The van der Waals surface area contributed by atoms with E-state index in [4.69, 9.17) is 4.42 Å². The maximum atomic E-state index is 6.65. The molecule has 2 unspecified atom stereocenters. The molecule has 0 amide bonds. The van der Waals surface area contributed by atoms with Crippen molar-refractivity contribution in [2.75, 3.05) is 4.90 Å². The molecule has 0 saturated heterocycles. The SMILES string of the molecule is CC1CC2CC(C)CC(c3ccc(-c4c(N(c5ccc(-c6ccccc6)cc5)c5ccc6c(c5)oc5ccccc56)ccc5c4Sc4ccccc4C54c5ccccc5-c5ccccc54)cc3)(C1)C2. The first-order valence-corrected chi connectivity index (χ1v) is 25.9. The van der Waals surface area contributed by atoms with Gasteiger partial charge in [-0.3, -0.25) is 0 Å². The minimum atomic E-state index is -0.503. The minimum Gasteiger partial charge on any atom is -0.456 e. The van der Waals surface area contributed by atoms with Crippen LogP contribution in [0.25, 0.3) is 55.3 Å². The lowest BCUT2D eigenvalue weighted by Gasteiger charge is -2.50. The summed E-state index contributed by atoms with van der Waals surface area (Å²) in [6.45, 7) is 5.00. The summed E-state index contributed by atoms with van der Waals surface area (Å²) in [6, 6.07) is 77.5. The zero-order valence-electron chi connectivity index (χ0n) is 39.2. The number of furan rings is 1. The van der Waals surface area contributed by atoms with Gasteiger partial charge in [-0.2, -0.15) is 0 Å². The quantitative estimate of drug-likeness (QED) is 0.165. The Morgan fingerprint density at radius 3 is 1.81 bits per heavy atom. The predicted octanol–water partition coefficient (Wildman–Crippen LogP) is 18.3. The van der Waals surface area contributed by atoms with Gasteiger partial charge >= 0.3 is 0 Å². The van der Waals surface area contributed by atoms with Gasteiger partial charge in [0.05, 0.1) is 11.1 Å². The van der Waals surface area contributed by atoms with Gasteiger partial charge in [0, 0.05) is 43.6 Å². The molecule has 1 aromatic heterocycles. The highest BCUT2D eigenvalue weighted by atomic mass is 32.2. The summed E-state index contributed by atoms with van der Waals surface area (Å²) >= 11 is 1.94. The molecule has 1 aliphatic heterocycles. The molecule has 4 aliphatic rings. The van der Waals surface area contributed by atoms with Crippen LogP contribution in [0.1, 0.15) is 73.8 Å². The van der Waals surface area contributed by atoms with E-state index in [0.717, 1.165) is 56.8 Å². The van der Waals surface area contributed by atoms with E-state index < -0.39 is 5.41 Å². The zero-order valence-corrected chi connectivity index (χ0v) is 40.0. The number of hydrogen-bond donors (Lipinski definition) is 0. The normalized spacial score (nSPS) is 20.6. The van der Waals surface area contributed by atoms with Gasteiger partial charge in [0.15, 0.2) is 0 Å². The van der Waals surface area contributed by atoms with Crippen molar-refractivity contribution in [2.24, 2.45) is 17.8 Å². The van der Waals surface area contributed by atoms with E-state index in [2.05, 4.69) is 225 Å². The highest BCUT2D eigenvalue weighted by molar-refractivity contribution is 7.99. The van der Waals surface area contributed by atoms with Gasteiger partial charge in [-0.25, -0.2) is 0 Å². The topological polar surface area (TPSA) is 16.4 Å². The van der Waals surface area contributed by atoms with Crippen molar-refractivity contribution in [1.29, 1.82) is 0 Å². The third-order valence-electron chi connectivity index (χ3n) is 16.5. The van der Waals surface area contributed by atoms with Gasteiger partial charge in [0.1, 0.15) is 11.2 Å². The van der Waals surface area contributed by atoms with Gasteiger partial charge in [-0.05, 0) is 153 Å². The molecule has 9 aromatic carbocycles. The highest BCUT2D eigenvalue weighted by Crippen LogP contribution is 2.65. The van der Waals surface area contributed by atoms with Crippen molar-refractivity contribution in [1.82, 2.24) is 0 Å². The minimum absolute atomic E-state index is 0.237. The van der Waals surface area contributed by atoms with Crippen molar-refractivity contribution in [3.8, 4) is 33.4 Å². The van der Waals surface area contributed by atoms with Crippen molar-refractivity contribution in [3.05, 3.63) is 234 Å². The smallest absolute Gasteiger partial charge is 0.137 e. The number of fused-ring (bicyclic) bond motifs is 14. The Morgan fingerprint density at radius 1 is 0.478 bits per heavy atom. The molecule has 1 spiro atoms. The van der Waals surface area contributed by atoms with Gasteiger partial charge < -0.3 is 9.32 Å². The van der Waals surface area contributed by atoms with E-state index in [1.165, 1.54) is 103 Å². The average Bonchev–Trinajstić information content (AvgIpc) is 3.90. The molecular formula is C66H53NOS. The first-order valence-electron chi connectivity index (χ1n) is 25.1. The van der Waals surface area contributed by atoms with Crippen LogP contribution >= 0.6 is 11.8 Å². The zero-order chi connectivity index (χ0) is 45.8. The lowest BCUT2D eigenvalue weighted by molar-refractivity contribution is 0.0780. The van der Waals surface area contributed by atoms with E-state index in [1.54, 1.807) is 0 Å². The second-order valence-corrected chi connectivity index (χ2v) is 21.9. The molecule has 14 rings (SSSR count). The second-order valence-electron chi connectivity index (χ2n) is 20.8. The van der Waals surface area contributed by atoms with Crippen molar-refractivity contribution >= 4 is 50.8 Å².